The summed E-state index contributed by atoms with van der Waals surface area (Å²) < 4.78 is 1.69. The van der Waals surface area contributed by atoms with Crippen molar-refractivity contribution in [3.8, 4) is 11.3 Å². The van der Waals surface area contributed by atoms with E-state index in [2.05, 4.69) is 10.1 Å². The number of carbonyl (C=O) groups excluding carboxylic acids is 1. The highest BCUT2D eigenvalue weighted by atomic mass is 35.5. The molecule has 8 nitrogen and oxygen atoms in total. The van der Waals surface area contributed by atoms with E-state index in [1.54, 1.807) is 40.0 Å². The Balaban J connectivity index is 1.66. The van der Waals surface area contributed by atoms with E-state index in [-0.39, 0.29) is 11.9 Å². The maximum atomic E-state index is 13.1. The van der Waals surface area contributed by atoms with E-state index in [4.69, 9.17) is 16.7 Å². The number of aryl methyl sites for hydroxylation is 1. The zero-order valence-electron chi connectivity index (χ0n) is 16.0. The van der Waals surface area contributed by atoms with Gasteiger partial charge >= 0.3 is 6.09 Å². The molecule has 1 atom stereocenters. The van der Waals surface area contributed by atoms with Crippen molar-refractivity contribution < 1.29 is 14.7 Å². The molecule has 29 heavy (non-hydrogen) atoms. The predicted molar refractivity (Wildman–Crippen MR) is 109 cm³/mol. The van der Waals surface area contributed by atoms with E-state index in [0.717, 1.165) is 10.9 Å². The molecule has 3 heterocycles. The Hall–Kier alpha value is -3.13. The Bertz CT molecular complexity index is 1110. The van der Waals surface area contributed by atoms with Crippen LogP contribution in [0.5, 0.6) is 0 Å². The first kappa shape index (κ1) is 19.2. The molecule has 4 rings (SSSR count). The molecule has 1 unspecified atom stereocenters. The number of fused-ring (bicyclic) bond motifs is 1. The molecule has 1 fully saturated rings. The van der Waals surface area contributed by atoms with Crippen LogP contribution < -0.4 is 0 Å². The molecule has 1 aromatic carbocycles. The number of pyridine rings is 1. The molecule has 3 aromatic rings. The van der Waals surface area contributed by atoms with Gasteiger partial charge in [-0.1, -0.05) is 17.7 Å². The van der Waals surface area contributed by atoms with Crippen molar-refractivity contribution in [3.05, 3.63) is 47.2 Å². The van der Waals surface area contributed by atoms with E-state index in [1.807, 2.05) is 20.2 Å². The number of amides is 2. The van der Waals surface area contributed by atoms with Gasteiger partial charge in [-0.15, -0.1) is 0 Å². The zero-order valence-corrected chi connectivity index (χ0v) is 16.8. The van der Waals surface area contributed by atoms with Crippen molar-refractivity contribution in [1.82, 2.24) is 24.6 Å². The second-order valence-corrected chi connectivity index (χ2v) is 7.61. The second kappa shape index (κ2) is 7.36. The van der Waals surface area contributed by atoms with E-state index in [1.165, 1.54) is 4.90 Å². The highest BCUT2D eigenvalue weighted by molar-refractivity contribution is 6.35. The lowest BCUT2D eigenvalue weighted by Gasteiger charge is -2.38. The summed E-state index contributed by atoms with van der Waals surface area (Å²) in [7, 11) is 1.83. The van der Waals surface area contributed by atoms with Crippen molar-refractivity contribution >= 4 is 34.5 Å². The second-order valence-electron chi connectivity index (χ2n) is 7.20. The molecule has 9 heteroatoms. The van der Waals surface area contributed by atoms with Crippen molar-refractivity contribution in [2.24, 2.45) is 7.05 Å². The molecule has 1 aliphatic rings. The molecule has 150 valence electrons. The lowest BCUT2D eigenvalue weighted by atomic mass is 10.1. The highest BCUT2D eigenvalue weighted by Crippen LogP contribution is 2.29. The van der Waals surface area contributed by atoms with E-state index in [0.29, 0.717) is 41.4 Å². The molecule has 0 spiro atoms. The summed E-state index contributed by atoms with van der Waals surface area (Å²) in [5.74, 6) is -0.144. The third-order valence-corrected chi connectivity index (χ3v) is 5.48. The summed E-state index contributed by atoms with van der Waals surface area (Å²) in [5.41, 5.74) is 2.65. The van der Waals surface area contributed by atoms with Crippen LogP contribution in [0, 0.1) is 0 Å². The van der Waals surface area contributed by atoms with Gasteiger partial charge in [-0.2, -0.15) is 5.10 Å². The number of benzene rings is 1. The van der Waals surface area contributed by atoms with Gasteiger partial charge in [-0.3, -0.25) is 9.48 Å². The molecule has 0 bridgehead atoms. The minimum atomic E-state index is -0.962. The molecule has 1 saturated heterocycles. The van der Waals surface area contributed by atoms with Crippen LogP contribution >= 0.6 is 11.6 Å². The Labute approximate surface area is 172 Å². The first-order valence-electron chi connectivity index (χ1n) is 9.21. The normalized spacial score (nSPS) is 17.0. The summed E-state index contributed by atoms with van der Waals surface area (Å²) in [6.45, 7) is 2.80. The highest BCUT2D eigenvalue weighted by Gasteiger charge is 2.30. The van der Waals surface area contributed by atoms with Gasteiger partial charge in [-0.25, -0.2) is 9.78 Å². The molecule has 1 N–H and O–H groups in total. The Morgan fingerprint density at radius 3 is 2.69 bits per heavy atom. The summed E-state index contributed by atoms with van der Waals surface area (Å²) in [5, 5.41) is 14.6. The van der Waals surface area contributed by atoms with Crippen LogP contribution in [0.4, 0.5) is 4.79 Å². The molecule has 0 aliphatic carbocycles. The topological polar surface area (TPSA) is 91.6 Å². The lowest BCUT2D eigenvalue weighted by Crippen LogP contribution is -2.55. The summed E-state index contributed by atoms with van der Waals surface area (Å²) in [6.07, 6.45) is 2.60. The van der Waals surface area contributed by atoms with Crippen LogP contribution in [0.2, 0.25) is 5.02 Å². The quantitative estimate of drug-likeness (QED) is 0.697. The van der Waals surface area contributed by atoms with Crippen molar-refractivity contribution in [1.29, 1.82) is 0 Å². The number of aromatic nitrogens is 3. The number of carbonyl (C=O) groups is 2. The smallest absolute Gasteiger partial charge is 0.407 e. The zero-order chi connectivity index (χ0) is 20.7. The molecular weight excluding hydrogens is 394 g/mol. The maximum Gasteiger partial charge on any atom is 0.407 e. The van der Waals surface area contributed by atoms with Gasteiger partial charge in [0.25, 0.3) is 5.91 Å². The van der Waals surface area contributed by atoms with Crippen LogP contribution in [-0.4, -0.2) is 67.3 Å². The van der Waals surface area contributed by atoms with Gasteiger partial charge in [0.2, 0.25) is 0 Å². The van der Waals surface area contributed by atoms with Gasteiger partial charge in [-0.05, 0) is 25.1 Å². The number of hydrogen-bond acceptors (Lipinski definition) is 4. The van der Waals surface area contributed by atoms with Gasteiger partial charge in [0.05, 0.1) is 22.4 Å². The van der Waals surface area contributed by atoms with Gasteiger partial charge in [0.1, 0.15) is 0 Å². The fourth-order valence-electron chi connectivity index (χ4n) is 3.62. The fourth-order valence-corrected chi connectivity index (χ4v) is 3.88. The van der Waals surface area contributed by atoms with Gasteiger partial charge in [0, 0.05) is 55.4 Å². The standard InChI is InChI=1S/C20H20ClN5O3/c1-12-10-25(20(28)29)5-6-26(12)19(27)13-3-4-15-16(21)8-17(23-18(15)7-13)14-9-22-24(2)11-14/h3-4,7-9,11-12H,5-6,10H2,1-2H3,(H,28,29). The molecular formula is C20H20ClN5O3. The third-order valence-electron chi connectivity index (χ3n) is 5.17. The molecule has 2 amide bonds. The Kier molecular flexibility index (Phi) is 4.87. The number of hydrogen-bond donors (Lipinski definition) is 1. The van der Waals surface area contributed by atoms with Crippen LogP contribution in [0.15, 0.2) is 36.7 Å². The van der Waals surface area contributed by atoms with Crippen LogP contribution in [0.3, 0.4) is 0 Å². The molecule has 2 aromatic heterocycles. The molecule has 0 saturated carbocycles. The summed E-state index contributed by atoms with van der Waals surface area (Å²) >= 11 is 6.44. The summed E-state index contributed by atoms with van der Waals surface area (Å²) in [4.78, 5) is 31.9. The third kappa shape index (κ3) is 3.63. The predicted octanol–water partition coefficient (Wildman–Crippen LogP) is 3.11. The van der Waals surface area contributed by atoms with Crippen molar-refractivity contribution in [3.63, 3.8) is 0 Å². The molecule has 0 radical (unpaired) electrons. The number of nitrogens with zero attached hydrogens (tertiary/aromatic N) is 5. The first-order chi connectivity index (χ1) is 13.8. The van der Waals surface area contributed by atoms with Crippen molar-refractivity contribution in [2.45, 2.75) is 13.0 Å². The monoisotopic (exact) mass is 413 g/mol. The minimum absolute atomic E-state index is 0.144. The number of piperazine rings is 1. The largest absolute Gasteiger partial charge is 0.465 e. The summed E-state index contributed by atoms with van der Waals surface area (Å²) in [6, 6.07) is 6.85. The van der Waals surface area contributed by atoms with Crippen LogP contribution in [0.25, 0.3) is 22.2 Å². The van der Waals surface area contributed by atoms with E-state index < -0.39 is 6.09 Å². The lowest BCUT2D eigenvalue weighted by molar-refractivity contribution is 0.0484. The maximum absolute atomic E-state index is 13.1. The average Bonchev–Trinajstić information content (AvgIpc) is 3.13. The van der Waals surface area contributed by atoms with Crippen LogP contribution in [-0.2, 0) is 7.05 Å². The van der Waals surface area contributed by atoms with Gasteiger partial charge < -0.3 is 14.9 Å². The van der Waals surface area contributed by atoms with Crippen LogP contribution in [0.1, 0.15) is 17.3 Å². The Morgan fingerprint density at radius 2 is 2.03 bits per heavy atom. The Morgan fingerprint density at radius 1 is 1.24 bits per heavy atom. The van der Waals surface area contributed by atoms with E-state index in [9.17, 15) is 9.59 Å². The average molecular weight is 414 g/mol. The number of carboxylic acid groups (broad SMARTS) is 1. The fraction of sp³-hybridized carbons (Fsp3) is 0.300. The minimum Gasteiger partial charge on any atom is -0.465 e. The molecule has 1 aliphatic heterocycles. The van der Waals surface area contributed by atoms with Crippen molar-refractivity contribution in [2.75, 3.05) is 19.6 Å². The van der Waals surface area contributed by atoms with Gasteiger partial charge in [0.15, 0.2) is 0 Å². The number of rotatable bonds is 2. The van der Waals surface area contributed by atoms with E-state index >= 15 is 0 Å². The number of halogens is 1. The first-order valence-corrected chi connectivity index (χ1v) is 9.59. The SMILES string of the molecule is CC1CN(C(=O)O)CCN1C(=O)c1ccc2c(Cl)cc(-c3cnn(C)c3)nc2c1.